The normalized spacial score (nSPS) is 16.4. The Bertz CT molecular complexity index is 636. The van der Waals surface area contributed by atoms with Crippen molar-refractivity contribution < 1.29 is 13.6 Å². The maximum atomic E-state index is 12.9. The molecule has 1 aliphatic carbocycles. The van der Waals surface area contributed by atoms with Crippen LogP contribution in [0, 0.1) is 5.92 Å². The van der Waals surface area contributed by atoms with E-state index in [1.165, 1.54) is 6.20 Å². The van der Waals surface area contributed by atoms with Crippen molar-refractivity contribution in [3.05, 3.63) is 36.0 Å². The highest BCUT2D eigenvalue weighted by Crippen LogP contribution is 2.35. The van der Waals surface area contributed by atoms with E-state index in [4.69, 9.17) is 0 Å². The summed E-state index contributed by atoms with van der Waals surface area (Å²) in [5.74, 6) is -0.631. The lowest BCUT2D eigenvalue weighted by molar-refractivity contribution is 0.0695. The van der Waals surface area contributed by atoms with Crippen LogP contribution in [0.1, 0.15) is 23.2 Å². The number of alkyl halides is 2. The van der Waals surface area contributed by atoms with Crippen LogP contribution in [0.3, 0.4) is 0 Å². The van der Waals surface area contributed by atoms with E-state index in [-0.39, 0.29) is 11.5 Å². The molecular weight excluding hydrogens is 264 g/mol. The summed E-state index contributed by atoms with van der Waals surface area (Å²) in [7, 11) is 0. The Morgan fingerprint density at radius 2 is 2.05 bits per heavy atom. The maximum Gasteiger partial charge on any atom is 0.258 e. The molecule has 20 heavy (non-hydrogen) atoms. The van der Waals surface area contributed by atoms with Crippen LogP contribution in [0.4, 0.5) is 8.78 Å². The highest BCUT2D eigenvalue weighted by molar-refractivity contribution is 6.05. The molecule has 0 aliphatic heterocycles. The average Bonchev–Trinajstić information content (AvgIpc) is 3.28. The Labute approximate surface area is 114 Å². The lowest BCUT2D eigenvalue weighted by atomic mass is 10.1. The van der Waals surface area contributed by atoms with E-state index in [9.17, 15) is 13.6 Å². The third kappa shape index (κ3) is 2.45. The summed E-state index contributed by atoms with van der Waals surface area (Å²) in [6.07, 6.45) is 0.245. The standard InChI is InChI=1S/C14H13F2N3O/c15-13(16)12(8-5-6-8)18-14(20)10-7-17-19-11-4-2-1-3-9(10)11/h1-4,7-8,12-13H,5-6H2,(H,18,20). The second kappa shape index (κ2) is 5.11. The van der Waals surface area contributed by atoms with E-state index in [0.29, 0.717) is 10.9 Å². The smallest absolute Gasteiger partial charge is 0.258 e. The second-order valence-corrected chi connectivity index (χ2v) is 4.95. The first-order valence-electron chi connectivity index (χ1n) is 6.46. The van der Waals surface area contributed by atoms with Crippen LogP contribution >= 0.6 is 0 Å². The van der Waals surface area contributed by atoms with Gasteiger partial charge in [0.05, 0.1) is 23.3 Å². The largest absolute Gasteiger partial charge is 0.343 e. The van der Waals surface area contributed by atoms with E-state index in [2.05, 4.69) is 15.5 Å². The molecule has 104 valence electrons. The second-order valence-electron chi connectivity index (χ2n) is 4.95. The molecule has 1 amide bonds. The van der Waals surface area contributed by atoms with Gasteiger partial charge in [0.25, 0.3) is 12.3 Å². The number of carbonyl (C=O) groups excluding carboxylic acids is 1. The van der Waals surface area contributed by atoms with Crippen LogP contribution in [0.5, 0.6) is 0 Å². The van der Waals surface area contributed by atoms with Crippen molar-refractivity contribution in [3.8, 4) is 0 Å². The zero-order chi connectivity index (χ0) is 14.1. The topological polar surface area (TPSA) is 54.9 Å². The Hall–Kier alpha value is -2.11. The first-order chi connectivity index (χ1) is 9.66. The minimum Gasteiger partial charge on any atom is -0.343 e. The van der Waals surface area contributed by atoms with E-state index in [1.807, 2.05) is 0 Å². The van der Waals surface area contributed by atoms with Gasteiger partial charge in [0.2, 0.25) is 0 Å². The quantitative estimate of drug-likeness (QED) is 0.933. The van der Waals surface area contributed by atoms with Crippen LogP contribution in [0.2, 0.25) is 0 Å². The summed E-state index contributed by atoms with van der Waals surface area (Å²) >= 11 is 0. The molecule has 1 aromatic carbocycles. The molecule has 4 nitrogen and oxygen atoms in total. The van der Waals surface area contributed by atoms with Crippen LogP contribution < -0.4 is 5.32 Å². The number of halogens is 2. The van der Waals surface area contributed by atoms with Gasteiger partial charge >= 0.3 is 0 Å². The van der Waals surface area contributed by atoms with Crippen LogP contribution in [0.25, 0.3) is 10.9 Å². The molecule has 3 rings (SSSR count). The highest BCUT2D eigenvalue weighted by atomic mass is 19.3. The van der Waals surface area contributed by atoms with Crippen molar-refractivity contribution >= 4 is 16.8 Å². The molecule has 1 unspecified atom stereocenters. The Kier molecular flexibility index (Phi) is 3.30. The zero-order valence-corrected chi connectivity index (χ0v) is 10.6. The van der Waals surface area contributed by atoms with Gasteiger partial charge in [-0.25, -0.2) is 8.78 Å². The van der Waals surface area contributed by atoms with Crippen molar-refractivity contribution in [2.24, 2.45) is 5.92 Å². The van der Waals surface area contributed by atoms with Crippen LogP contribution in [-0.4, -0.2) is 28.6 Å². The molecule has 0 radical (unpaired) electrons. The van der Waals surface area contributed by atoms with Crippen molar-refractivity contribution in [2.75, 3.05) is 0 Å². The molecule has 6 heteroatoms. The SMILES string of the molecule is O=C(NC(C(F)F)C1CC1)c1cnnc2ccccc12. The lowest BCUT2D eigenvalue weighted by Gasteiger charge is -2.17. The molecule has 1 aliphatic rings. The van der Waals surface area contributed by atoms with Crippen molar-refractivity contribution in [3.63, 3.8) is 0 Å². The van der Waals surface area contributed by atoms with Gasteiger partial charge in [-0.05, 0) is 24.8 Å². The molecule has 0 spiro atoms. The van der Waals surface area contributed by atoms with Gasteiger partial charge in [0.1, 0.15) is 0 Å². The van der Waals surface area contributed by atoms with Gasteiger partial charge in [-0.15, -0.1) is 0 Å². The molecule has 2 aromatic rings. The molecule has 0 bridgehead atoms. The van der Waals surface area contributed by atoms with E-state index < -0.39 is 18.4 Å². The van der Waals surface area contributed by atoms with Crippen LogP contribution in [-0.2, 0) is 0 Å². The van der Waals surface area contributed by atoms with Crippen molar-refractivity contribution in [1.82, 2.24) is 15.5 Å². The monoisotopic (exact) mass is 277 g/mol. The van der Waals surface area contributed by atoms with Crippen molar-refractivity contribution in [2.45, 2.75) is 25.3 Å². The molecule has 0 saturated heterocycles. The van der Waals surface area contributed by atoms with Gasteiger partial charge in [0.15, 0.2) is 0 Å². The predicted octanol–water partition coefficient (Wildman–Crippen LogP) is 2.40. The van der Waals surface area contributed by atoms with Gasteiger partial charge in [0, 0.05) is 5.39 Å². The fraction of sp³-hybridized carbons (Fsp3) is 0.357. The number of aromatic nitrogens is 2. The summed E-state index contributed by atoms with van der Waals surface area (Å²) in [5, 5.41) is 10.7. The molecule has 1 atom stereocenters. The fourth-order valence-corrected chi connectivity index (χ4v) is 2.26. The highest BCUT2D eigenvalue weighted by Gasteiger charge is 2.38. The summed E-state index contributed by atoms with van der Waals surface area (Å²) in [6, 6.07) is 5.93. The Morgan fingerprint density at radius 3 is 2.75 bits per heavy atom. The van der Waals surface area contributed by atoms with Crippen molar-refractivity contribution in [1.29, 1.82) is 0 Å². The number of nitrogens with one attached hydrogen (secondary N) is 1. The molecule has 1 aromatic heterocycles. The maximum absolute atomic E-state index is 12.9. The lowest BCUT2D eigenvalue weighted by Crippen LogP contribution is -2.41. The zero-order valence-electron chi connectivity index (χ0n) is 10.6. The minimum atomic E-state index is -2.55. The predicted molar refractivity (Wildman–Crippen MR) is 69.5 cm³/mol. The summed E-state index contributed by atoms with van der Waals surface area (Å²) in [5.41, 5.74) is 0.849. The number of amides is 1. The third-order valence-corrected chi connectivity index (χ3v) is 3.49. The molecule has 1 fully saturated rings. The summed E-state index contributed by atoms with van der Waals surface area (Å²) < 4.78 is 25.9. The molecule has 1 N–H and O–H groups in total. The Balaban J connectivity index is 1.88. The molecule has 1 heterocycles. The van der Waals surface area contributed by atoms with Gasteiger partial charge in [-0.1, -0.05) is 18.2 Å². The number of hydrogen-bond acceptors (Lipinski definition) is 3. The first kappa shape index (κ1) is 12.9. The minimum absolute atomic E-state index is 0.111. The van der Waals surface area contributed by atoms with E-state index in [0.717, 1.165) is 12.8 Å². The van der Waals surface area contributed by atoms with E-state index >= 15 is 0 Å². The first-order valence-corrected chi connectivity index (χ1v) is 6.46. The number of carbonyl (C=O) groups is 1. The average molecular weight is 277 g/mol. The van der Waals surface area contributed by atoms with Gasteiger partial charge in [-0.3, -0.25) is 4.79 Å². The third-order valence-electron chi connectivity index (χ3n) is 3.49. The fourth-order valence-electron chi connectivity index (χ4n) is 2.26. The number of fused-ring (bicyclic) bond motifs is 1. The number of benzene rings is 1. The summed E-state index contributed by atoms with van der Waals surface area (Å²) in [6.45, 7) is 0. The number of rotatable bonds is 4. The van der Waals surface area contributed by atoms with Gasteiger partial charge in [-0.2, -0.15) is 10.2 Å². The molecular formula is C14H13F2N3O. The summed E-state index contributed by atoms with van der Waals surface area (Å²) in [4.78, 5) is 12.2. The Morgan fingerprint density at radius 1 is 1.30 bits per heavy atom. The van der Waals surface area contributed by atoms with Gasteiger partial charge < -0.3 is 5.32 Å². The van der Waals surface area contributed by atoms with Crippen LogP contribution in [0.15, 0.2) is 30.5 Å². The number of hydrogen-bond donors (Lipinski definition) is 1. The number of nitrogens with zero attached hydrogens (tertiary/aromatic N) is 2. The van der Waals surface area contributed by atoms with E-state index in [1.54, 1.807) is 24.3 Å². The molecule has 1 saturated carbocycles.